The minimum Gasteiger partial charge on any atom is -0.339 e. The summed E-state index contributed by atoms with van der Waals surface area (Å²) in [4.78, 5) is 3.87. The zero-order chi connectivity index (χ0) is 23.6. The van der Waals surface area contributed by atoms with Crippen LogP contribution in [0.2, 0.25) is 0 Å². The van der Waals surface area contributed by atoms with E-state index in [9.17, 15) is 17.2 Å². The first-order chi connectivity index (χ1) is 15.8. The number of benzene rings is 2. The molecule has 3 aromatic rings. The molecule has 0 radical (unpaired) electrons. The molecule has 2 atom stereocenters. The molecular formula is C24H28F2N4O2S. The first-order valence-corrected chi connectivity index (χ1v) is 12.4. The van der Waals surface area contributed by atoms with E-state index in [0.717, 1.165) is 29.7 Å². The maximum Gasteiger partial charge on any atom is 0.259 e. The summed E-state index contributed by atoms with van der Waals surface area (Å²) in [7, 11) is -0.175. The van der Waals surface area contributed by atoms with Gasteiger partial charge in [0.15, 0.2) is 5.03 Å². The molecule has 1 aliphatic carbocycles. The largest absolute Gasteiger partial charge is 0.339 e. The van der Waals surface area contributed by atoms with Gasteiger partial charge in [0.1, 0.15) is 11.6 Å². The van der Waals surface area contributed by atoms with Gasteiger partial charge in [-0.15, -0.1) is 0 Å². The van der Waals surface area contributed by atoms with Crippen LogP contribution in [-0.2, 0) is 36.3 Å². The van der Waals surface area contributed by atoms with Gasteiger partial charge in [-0.25, -0.2) is 26.9 Å². The first-order valence-electron chi connectivity index (χ1n) is 10.9. The van der Waals surface area contributed by atoms with Crippen LogP contribution in [0, 0.1) is 17.6 Å². The number of rotatable bonds is 9. The number of hydrogen-bond donors (Lipinski definition) is 2. The van der Waals surface area contributed by atoms with Gasteiger partial charge in [0.05, 0.1) is 6.33 Å². The molecule has 1 aromatic heterocycles. The summed E-state index contributed by atoms with van der Waals surface area (Å²) in [6.07, 6.45) is 4.45. The molecular weight excluding hydrogens is 446 g/mol. The zero-order valence-corrected chi connectivity index (χ0v) is 19.5. The molecule has 0 saturated heterocycles. The van der Waals surface area contributed by atoms with Crippen molar-refractivity contribution in [2.75, 3.05) is 20.1 Å². The third kappa shape index (κ3) is 5.31. The number of hydrogen-bond acceptors (Lipinski definition) is 4. The molecule has 0 fully saturated rings. The van der Waals surface area contributed by atoms with Gasteiger partial charge in [-0.1, -0.05) is 18.2 Å². The number of fused-ring (bicyclic) bond motifs is 1. The van der Waals surface area contributed by atoms with E-state index in [4.69, 9.17) is 0 Å². The quantitative estimate of drug-likeness (QED) is 0.500. The van der Waals surface area contributed by atoms with Gasteiger partial charge in [0, 0.05) is 19.8 Å². The Morgan fingerprint density at radius 3 is 2.73 bits per heavy atom. The van der Waals surface area contributed by atoms with Crippen molar-refractivity contribution < 1.29 is 17.2 Å². The molecule has 4 rings (SSSR count). The molecule has 0 saturated carbocycles. The summed E-state index contributed by atoms with van der Waals surface area (Å²) in [5.74, 6) is -0.208. The molecule has 9 heteroatoms. The lowest BCUT2D eigenvalue weighted by molar-refractivity contribution is 0.435. The van der Waals surface area contributed by atoms with E-state index in [1.165, 1.54) is 18.6 Å². The van der Waals surface area contributed by atoms with Crippen LogP contribution in [0.5, 0.6) is 0 Å². The smallest absolute Gasteiger partial charge is 0.259 e. The van der Waals surface area contributed by atoms with Gasteiger partial charge >= 0.3 is 0 Å². The number of sulfonamides is 1. The summed E-state index contributed by atoms with van der Waals surface area (Å²) in [6.45, 7) is 0.832. The molecule has 2 N–H and O–H groups in total. The second kappa shape index (κ2) is 9.70. The fourth-order valence-electron chi connectivity index (χ4n) is 4.66. The lowest BCUT2D eigenvalue weighted by Gasteiger charge is -2.21. The van der Waals surface area contributed by atoms with Crippen LogP contribution >= 0.6 is 0 Å². The van der Waals surface area contributed by atoms with Crippen molar-refractivity contribution in [2.45, 2.75) is 30.2 Å². The van der Waals surface area contributed by atoms with Crippen molar-refractivity contribution in [3.8, 4) is 0 Å². The Morgan fingerprint density at radius 1 is 1.21 bits per heavy atom. The fraction of sp³-hybridized carbons (Fsp3) is 0.375. The molecule has 0 amide bonds. The highest BCUT2D eigenvalue weighted by Gasteiger charge is 2.33. The van der Waals surface area contributed by atoms with E-state index in [1.54, 1.807) is 29.8 Å². The molecule has 6 nitrogen and oxygen atoms in total. The van der Waals surface area contributed by atoms with Gasteiger partial charge in [-0.3, -0.25) is 0 Å². The van der Waals surface area contributed by atoms with Crippen LogP contribution in [0.1, 0.15) is 28.2 Å². The van der Waals surface area contributed by atoms with E-state index in [2.05, 4.69) is 15.0 Å². The molecule has 176 valence electrons. The lowest BCUT2D eigenvalue weighted by Crippen LogP contribution is -2.26. The van der Waals surface area contributed by atoms with Gasteiger partial charge in [0.25, 0.3) is 10.0 Å². The van der Waals surface area contributed by atoms with E-state index >= 15 is 0 Å². The minimum atomic E-state index is -3.75. The van der Waals surface area contributed by atoms with Gasteiger partial charge in [0.2, 0.25) is 0 Å². The van der Waals surface area contributed by atoms with E-state index in [-0.39, 0.29) is 41.5 Å². The predicted octanol–water partition coefficient (Wildman–Crippen LogP) is 2.94. The summed E-state index contributed by atoms with van der Waals surface area (Å²) in [5, 5.41) is 3.15. The highest BCUT2D eigenvalue weighted by Crippen LogP contribution is 2.41. The summed E-state index contributed by atoms with van der Waals surface area (Å²) >= 11 is 0. The van der Waals surface area contributed by atoms with Crippen molar-refractivity contribution in [3.05, 3.63) is 82.8 Å². The molecule has 1 heterocycles. The van der Waals surface area contributed by atoms with E-state index in [0.29, 0.717) is 12.0 Å². The van der Waals surface area contributed by atoms with Crippen molar-refractivity contribution in [1.29, 1.82) is 0 Å². The van der Waals surface area contributed by atoms with Crippen molar-refractivity contribution in [2.24, 2.45) is 13.0 Å². The number of halogens is 2. The van der Waals surface area contributed by atoms with Crippen LogP contribution in [0.15, 0.2) is 53.9 Å². The van der Waals surface area contributed by atoms with E-state index in [1.807, 2.05) is 19.2 Å². The highest BCUT2D eigenvalue weighted by molar-refractivity contribution is 7.89. The number of aryl methyl sites for hydroxylation is 1. The zero-order valence-electron chi connectivity index (χ0n) is 18.7. The van der Waals surface area contributed by atoms with Gasteiger partial charge in [-0.05, 0) is 85.1 Å². The Hall–Kier alpha value is -2.62. The maximum absolute atomic E-state index is 14.9. The first kappa shape index (κ1) is 23.5. The Labute approximate surface area is 193 Å². The molecule has 33 heavy (non-hydrogen) atoms. The van der Waals surface area contributed by atoms with Gasteiger partial charge in [-0.2, -0.15) is 0 Å². The third-order valence-corrected chi connectivity index (χ3v) is 7.56. The fourth-order valence-corrected chi connectivity index (χ4v) is 5.67. The summed E-state index contributed by atoms with van der Waals surface area (Å²) in [6, 6.07) is 10.0. The predicted molar refractivity (Wildman–Crippen MR) is 122 cm³/mol. The average Bonchev–Trinajstić information content (AvgIpc) is 3.33. The molecule has 0 spiro atoms. The second-order valence-electron chi connectivity index (χ2n) is 8.63. The maximum atomic E-state index is 14.9. The van der Waals surface area contributed by atoms with Gasteiger partial charge < -0.3 is 9.88 Å². The SMILES string of the molecule is CNCC1Cc2cc(F)c(CCNS(=O)(=O)c3cn(C)cn3)cc2C1Cc1cccc(F)c1. The van der Waals surface area contributed by atoms with Crippen LogP contribution in [0.3, 0.4) is 0 Å². The molecule has 1 aliphatic rings. The number of aromatic nitrogens is 2. The van der Waals surface area contributed by atoms with Crippen LogP contribution < -0.4 is 10.0 Å². The Bertz CT molecular complexity index is 1240. The van der Waals surface area contributed by atoms with Crippen LogP contribution in [0.25, 0.3) is 0 Å². The number of nitrogens with zero attached hydrogens (tertiary/aromatic N) is 2. The average molecular weight is 475 g/mol. The Kier molecular flexibility index (Phi) is 6.92. The molecule has 0 aliphatic heterocycles. The normalized spacial score (nSPS) is 17.9. The molecule has 0 bridgehead atoms. The summed E-state index contributed by atoms with van der Waals surface area (Å²) in [5.41, 5.74) is 3.39. The van der Waals surface area contributed by atoms with Crippen molar-refractivity contribution in [3.63, 3.8) is 0 Å². The topological polar surface area (TPSA) is 76.0 Å². The minimum absolute atomic E-state index is 0.0587. The van der Waals surface area contributed by atoms with Crippen molar-refractivity contribution in [1.82, 2.24) is 19.6 Å². The Morgan fingerprint density at radius 2 is 2.03 bits per heavy atom. The monoisotopic (exact) mass is 474 g/mol. The third-order valence-electron chi connectivity index (χ3n) is 6.21. The number of imidazole rings is 1. The Balaban J connectivity index is 1.53. The second-order valence-corrected chi connectivity index (χ2v) is 10.3. The van der Waals surface area contributed by atoms with Crippen LogP contribution in [-0.4, -0.2) is 38.1 Å². The molecule has 2 unspecified atom stereocenters. The van der Waals surface area contributed by atoms with Crippen molar-refractivity contribution >= 4 is 10.0 Å². The molecule has 2 aromatic carbocycles. The summed E-state index contributed by atoms with van der Waals surface area (Å²) < 4.78 is 57.4. The lowest BCUT2D eigenvalue weighted by atomic mass is 9.86. The van der Waals surface area contributed by atoms with Crippen LogP contribution in [0.4, 0.5) is 8.78 Å². The van der Waals surface area contributed by atoms with E-state index < -0.39 is 10.0 Å². The highest BCUT2D eigenvalue weighted by atomic mass is 32.2. The number of nitrogens with one attached hydrogen (secondary N) is 2. The standard InChI is InChI=1S/C24H28F2N4O2S/c1-27-13-19-10-18-12-23(26)17(6-7-29-33(31,32)24-14-30(2)15-28-24)11-22(18)21(19)9-16-4-3-5-20(25)8-16/h3-5,8,11-12,14-15,19,21,27,29H,6-7,9-10,13H2,1-2H3.